The normalized spacial score (nSPS) is 10.5. The highest BCUT2D eigenvalue weighted by Gasteiger charge is 2.12. The van der Waals surface area contributed by atoms with Crippen LogP contribution in [-0.4, -0.2) is 11.7 Å². The lowest BCUT2D eigenvalue weighted by Crippen LogP contribution is -2.23. The Morgan fingerprint density at radius 2 is 1.84 bits per heavy atom. The molecule has 0 aromatic heterocycles. The maximum absolute atomic E-state index is 13.7. The predicted molar refractivity (Wildman–Crippen MR) is 71.2 cm³/mol. The minimum Gasteiger partial charge on any atom is -0.508 e. The van der Waals surface area contributed by atoms with E-state index in [0.29, 0.717) is 17.8 Å². The maximum atomic E-state index is 13.7. The second kappa shape index (κ2) is 5.69. The number of nitrogens with zero attached hydrogens (tertiary/aromatic N) is 1. The standard InChI is InChI=1S/C15H15F2NO/c1-2-18(14-6-4-3-5-13(14)17)10-11-9-12(16)7-8-15(11)19/h3-9,19H,2,10H2,1H3. The molecule has 0 aliphatic rings. The molecule has 2 aromatic rings. The number of hydrogen-bond donors (Lipinski definition) is 1. The molecule has 0 aliphatic heterocycles. The van der Waals surface area contributed by atoms with Gasteiger partial charge in [0, 0.05) is 18.7 Å². The van der Waals surface area contributed by atoms with Crippen LogP contribution in [0.5, 0.6) is 5.75 Å². The minimum absolute atomic E-state index is 0.0104. The van der Waals surface area contributed by atoms with Gasteiger partial charge in [0.15, 0.2) is 0 Å². The number of hydrogen-bond acceptors (Lipinski definition) is 2. The van der Waals surface area contributed by atoms with E-state index >= 15 is 0 Å². The summed E-state index contributed by atoms with van der Waals surface area (Å²) in [5.41, 5.74) is 0.874. The first-order chi connectivity index (χ1) is 9.11. The fraction of sp³-hybridized carbons (Fsp3) is 0.200. The van der Waals surface area contributed by atoms with Crippen LogP contribution in [0.4, 0.5) is 14.5 Å². The summed E-state index contributed by atoms with van der Waals surface area (Å²) in [6.45, 7) is 2.68. The Morgan fingerprint density at radius 1 is 1.11 bits per heavy atom. The Morgan fingerprint density at radius 3 is 2.53 bits per heavy atom. The molecule has 0 aliphatic carbocycles. The van der Waals surface area contributed by atoms with Crippen molar-refractivity contribution in [2.45, 2.75) is 13.5 Å². The molecule has 0 saturated heterocycles. The molecule has 0 unspecified atom stereocenters. The molecule has 0 bridgehead atoms. The highest BCUT2D eigenvalue weighted by Crippen LogP contribution is 2.24. The Balaban J connectivity index is 2.29. The summed E-state index contributed by atoms with van der Waals surface area (Å²) in [4.78, 5) is 1.74. The van der Waals surface area contributed by atoms with Crippen LogP contribution in [0.15, 0.2) is 42.5 Å². The van der Waals surface area contributed by atoms with Crippen LogP contribution in [0, 0.1) is 11.6 Å². The van der Waals surface area contributed by atoms with Gasteiger partial charge in [-0.05, 0) is 37.3 Å². The number of benzene rings is 2. The maximum Gasteiger partial charge on any atom is 0.146 e. The molecule has 100 valence electrons. The van der Waals surface area contributed by atoms with E-state index in [-0.39, 0.29) is 18.1 Å². The molecule has 0 fully saturated rings. The summed E-state index contributed by atoms with van der Waals surface area (Å²) < 4.78 is 26.9. The summed E-state index contributed by atoms with van der Waals surface area (Å²) in [5, 5.41) is 9.71. The Bertz CT molecular complexity index is 572. The lowest BCUT2D eigenvalue weighted by molar-refractivity contribution is 0.464. The first-order valence-electron chi connectivity index (χ1n) is 6.08. The zero-order valence-electron chi connectivity index (χ0n) is 10.6. The lowest BCUT2D eigenvalue weighted by atomic mass is 10.1. The topological polar surface area (TPSA) is 23.5 Å². The number of phenolic OH excluding ortho intramolecular Hbond substituents is 1. The molecule has 2 aromatic carbocycles. The van der Waals surface area contributed by atoms with E-state index in [1.165, 1.54) is 24.3 Å². The van der Waals surface area contributed by atoms with Gasteiger partial charge in [-0.15, -0.1) is 0 Å². The average molecular weight is 263 g/mol. The van der Waals surface area contributed by atoms with Gasteiger partial charge in [0.05, 0.1) is 5.69 Å². The van der Waals surface area contributed by atoms with Gasteiger partial charge in [-0.3, -0.25) is 0 Å². The van der Waals surface area contributed by atoms with Gasteiger partial charge in [0.2, 0.25) is 0 Å². The highest BCUT2D eigenvalue weighted by molar-refractivity contribution is 5.49. The van der Waals surface area contributed by atoms with Crippen molar-refractivity contribution in [3.05, 3.63) is 59.7 Å². The molecule has 0 radical (unpaired) electrons. The summed E-state index contributed by atoms with van der Waals surface area (Å²) in [6.07, 6.45) is 0. The van der Waals surface area contributed by atoms with Crippen LogP contribution >= 0.6 is 0 Å². The van der Waals surface area contributed by atoms with Gasteiger partial charge in [0.25, 0.3) is 0 Å². The molecule has 0 spiro atoms. The number of anilines is 1. The molecule has 0 atom stereocenters. The van der Waals surface area contributed by atoms with Gasteiger partial charge in [-0.1, -0.05) is 12.1 Å². The zero-order chi connectivity index (χ0) is 13.8. The molecule has 2 rings (SSSR count). The van der Waals surface area contributed by atoms with Gasteiger partial charge in [-0.2, -0.15) is 0 Å². The number of para-hydroxylation sites is 1. The lowest BCUT2D eigenvalue weighted by Gasteiger charge is -2.24. The van der Waals surface area contributed by atoms with Gasteiger partial charge in [0.1, 0.15) is 17.4 Å². The molecular formula is C15H15F2NO. The van der Waals surface area contributed by atoms with Crippen molar-refractivity contribution in [3.63, 3.8) is 0 Å². The summed E-state index contributed by atoms with van der Waals surface area (Å²) in [6, 6.07) is 10.2. The average Bonchev–Trinajstić information content (AvgIpc) is 2.41. The third-order valence-electron chi connectivity index (χ3n) is 2.98. The van der Waals surface area contributed by atoms with Crippen molar-refractivity contribution in [2.24, 2.45) is 0 Å². The fourth-order valence-electron chi connectivity index (χ4n) is 1.96. The van der Waals surface area contributed by atoms with Gasteiger partial charge in [-0.25, -0.2) is 8.78 Å². The smallest absolute Gasteiger partial charge is 0.146 e. The van der Waals surface area contributed by atoms with Crippen LogP contribution in [0.25, 0.3) is 0 Å². The number of phenols is 1. The van der Waals surface area contributed by atoms with Crippen LogP contribution in [-0.2, 0) is 6.54 Å². The van der Waals surface area contributed by atoms with Crippen molar-refractivity contribution < 1.29 is 13.9 Å². The number of rotatable bonds is 4. The van der Waals surface area contributed by atoms with Crippen LogP contribution in [0.3, 0.4) is 0 Å². The van der Waals surface area contributed by atoms with Crippen LogP contribution < -0.4 is 4.90 Å². The summed E-state index contributed by atoms with van der Waals surface area (Å²) in [7, 11) is 0. The first-order valence-corrected chi connectivity index (χ1v) is 6.08. The molecule has 0 amide bonds. The van der Waals surface area contributed by atoms with E-state index in [2.05, 4.69) is 0 Å². The molecule has 19 heavy (non-hydrogen) atoms. The van der Waals surface area contributed by atoms with E-state index in [4.69, 9.17) is 0 Å². The second-order valence-corrected chi connectivity index (χ2v) is 4.24. The predicted octanol–water partition coefficient (Wildman–Crippen LogP) is 3.70. The summed E-state index contributed by atoms with van der Waals surface area (Å²) in [5.74, 6) is -0.742. The molecule has 0 saturated carbocycles. The van der Waals surface area contributed by atoms with Crippen LogP contribution in [0.1, 0.15) is 12.5 Å². The largest absolute Gasteiger partial charge is 0.508 e. The van der Waals surface area contributed by atoms with Crippen LogP contribution in [0.2, 0.25) is 0 Å². The highest BCUT2D eigenvalue weighted by atomic mass is 19.1. The van der Waals surface area contributed by atoms with Gasteiger partial charge < -0.3 is 10.0 Å². The minimum atomic E-state index is -0.419. The Hall–Kier alpha value is -2.10. The third-order valence-corrected chi connectivity index (χ3v) is 2.98. The van der Waals surface area contributed by atoms with E-state index in [1.807, 2.05) is 6.92 Å². The molecule has 4 heteroatoms. The molecule has 1 N–H and O–H groups in total. The van der Waals surface area contributed by atoms with E-state index in [9.17, 15) is 13.9 Å². The fourth-order valence-corrected chi connectivity index (χ4v) is 1.96. The molecule has 2 nitrogen and oxygen atoms in total. The Labute approximate surface area is 110 Å². The Kier molecular flexibility index (Phi) is 4.00. The molecular weight excluding hydrogens is 248 g/mol. The van der Waals surface area contributed by atoms with Crippen molar-refractivity contribution in [2.75, 3.05) is 11.4 Å². The number of halogens is 2. The van der Waals surface area contributed by atoms with Gasteiger partial charge >= 0.3 is 0 Å². The number of aromatic hydroxyl groups is 1. The van der Waals surface area contributed by atoms with E-state index in [0.717, 1.165) is 0 Å². The zero-order valence-corrected chi connectivity index (χ0v) is 10.6. The van der Waals surface area contributed by atoms with E-state index in [1.54, 1.807) is 23.1 Å². The van der Waals surface area contributed by atoms with Crippen molar-refractivity contribution in [3.8, 4) is 5.75 Å². The monoisotopic (exact) mass is 263 g/mol. The first kappa shape index (κ1) is 13.3. The quantitative estimate of drug-likeness (QED) is 0.909. The third kappa shape index (κ3) is 3.02. The van der Waals surface area contributed by atoms with Crippen molar-refractivity contribution >= 4 is 5.69 Å². The second-order valence-electron chi connectivity index (χ2n) is 4.24. The SMILES string of the molecule is CCN(Cc1cc(F)ccc1O)c1ccccc1F. The molecule has 0 heterocycles. The van der Waals surface area contributed by atoms with Crippen molar-refractivity contribution in [1.82, 2.24) is 0 Å². The summed E-state index contributed by atoms with van der Waals surface area (Å²) >= 11 is 0. The van der Waals surface area contributed by atoms with Crippen molar-refractivity contribution in [1.29, 1.82) is 0 Å². The van der Waals surface area contributed by atoms with E-state index < -0.39 is 5.82 Å².